The topological polar surface area (TPSA) is 60.4 Å². The molecule has 0 aromatic heterocycles. The zero-order valence-electron chi connectivity index (χ0n) is 23.5. The second-order valence-corrected chi connectivity index (χ2v) is 12.5. The summed E-state index contributed by atoms with van der Waals surface area (Å²) < 4.78 is 5.65. The molecule has 0 radical (unpaired) electrons. The summed E-state index contributed by atoms with van der Waals surface area (Å²) in [5.74, 6) is -0.0214. The third-order valence-corrected chi connectivity index (χ3v) is 9.60. The van der Waals surface area contributed by atoms with Gasteiger partial charge in [0.25, 0.3) is 0 Å². The van der Waals surface area contributed by atoms with Crippen LogP contribution in [0, 0.1) is 5.92 Å². The van der Waals surface area contributed by atoms with Gasteiger partial charge in [0.15, 0.2) is 11.6 Å². The number of ketones is 2. The number of rotatable bonds is 10. The fraction of sp³-hybridized carbons (Fsp3) is 0.286. The van der Waals surface area contributed by atoms with Crippen LogP contribution in [0.4, 0.5) is 0 Å². The molecule has 4 nitrogen and oxygen atoms in total. The van der Waals surface area contributed by atoms with Gasteiger partial charge in [0, 0.05) is 41.8 Å². The van der Waals surface area contributed by atoms with Gasteiger partial charge in [-0.2, -0.15) is 0 Å². The Bertz CT molecular complexity index is 1520. The number of hydrogen-bond acceptors (Lipinski definition) is 6. The number of unbranched alkanes of at least 4 members (excludes halogenated alkanes) is 1. The van der Waals surface area contributed by atoms with Crippen LogP contribution in [0.2, 0.25) is 0 Å². The maximum Gasteiger partial charge on any atom is 0.314 e. The van der Waals surface area contributed by atoms with E-state index in [0.29, 0.717) is 28.0 Å². The van der Waals surface area contributed by atoms with E-state index in [1.165, 1.54) is 11.8 Å². The Morgan fingerprint density at radius 3 is 2.15 bits per heavy atom. The first-order valence-electron chi connectivity index (χ1n) is 14.4. The maximum absolute atomic E-state index is 13.8. The molecule has 41 heavy (non-hydrogen) atoms. The lowest BCUT2D eigenvalue weighted by Gasteiger charge is -2.22. The highest BCUT2D eigenvalue weighted by Gasteiger charge is 2.34. The van der Waals surface area contributed by atoms with Crippen molar-refractivity contribution in [3.05, 3.63) is 106 Å². The van der Waals surface area contributed by atoms with E-state index in [1.54, 1.807) is 36.0 Å². The van der Waals surface area contributed by atoms with Gasteiger partial charge in [-0.25, -0.2) is 0 Å². The van der Waals surface area contributed by atoms with E-state index in [4.69, 9.17) is 4.74 Å². The summed E-state index contributed by atoms with van der Waals surface area (Å²) >= 11 is 2.98. The Labute approximate surface area is 250 Å². The largest absolute Gasteiger partial charge is 0.426 e. The zero-order valence-corrected chi connectivity index (χ0v) is 25.1. The van der Waals surface area contributed by atoms with Gasteiger partial charge in [0.2, 0.25) is 0 Å². The lowest BCUT2D eigenvalue weighted by Crippen LogP contribution is -2.22. The molecular weight excluding hydrogens is 549 g/mol. The first kappa shape index (κ1) is 29.2. The molecule has 3 aromatic rings. The highest BCUT2D eigenvalue weighted by atomic mass is 32.2. The minimum atomic E-state index is -0.190. The third kappa shape index (κ3) is 6.60. The van der Waals surface area contributed by atoms with Gasteiger partial charge in [-0.1, -0.05) is 92.7 Å². The van der Waals surface area contributed by atoms with Gasteiger partial charge in [-0.15, -0.1) is 0 Å². The second kappa shape index (κ2) is 13.5. The highest BCUT2D eigenvalue weighted by Crippen LogP contribution is 2.41. The number of carbonyl (C=O) groups excluding carboxylic acids is 3. The number of carbonyl (C=O) groups is 3. The van der Waals surface area contributed by atoms with Crippen LogP contribution in [-0.2, 0) is 4.79 Å². The summed E-state index contributed by atoms with van der Waals surface area (Å²) in [5.41, 5.74) is 1.83. The number of thioether (sulfide) groups is 1. The molecular formula is C35H34O4S2. The molecule has 5 rings (SSSR count). The molecule has 0 heterocycles. The Balaban J connectivity index is 1.36. The van der Waals surface area contributed by atoms with Crippen molar-refractivity contribution in [1.29, 1.82) is 0 Å². The Kier molecular flexibility index (Phi) is 9.63. The van der Waals surface area contributed by atoms with E-state index in [2.05, 4.69) is 25.2 Å². The molecule has 3 aromatic carbocycles. The van der Waals surface area contributed by atoms with Gasteiger partial charge in [-0.05, 0) is 68.5 Å². The first-order chi connectivity index (χ1) is 20.0. The number of hydrogen-bond donors (Lipinski definition) is 0. The summed E-state index contributed by atoms with van der Waals surface area (Å²) in [6.07, 6.45) is 13.3. The Hall–Kier alpha value is -3.35. The van der Waals surface area contributed by atoms with Gasteiger partial charge in [0.05, 0.1) is 5.92 Å². The van der Waals surface area contributed by atoms with Crippen molar-refractivity contribution in [2.75, 3.05) is 0 Å². The minimum Gasteiger partial charge on any atom is -0.426 e. The van der Waals surface area contributed by atoms with Crippen molar-refractivity contribution in [2.24, 2.45) is 5.92 Å². The lowest BCUT2D eigenvalue weighted by molar-refractivity contribution is -0.139. The smallest absolute Gasteiger partial charge is 0.314 e. The molecule has 6 heteroatoms. The monoisotopic (exact) mass is 582 g/mol. The number of ether oxygens (including phenoxy) is 1. The van der Waals surface area contributed by atoms with Crippen LogP contribution in [0.25, 0.3) is 0 Å². The molecule has 0 amide bonds. The summed E-state index contributed by atoms with van der Waals surface area (Å²) in [6.45, 7) is 4.13. The van der Waals surface area contributed by atoms with E-state index in [1.807, 2.05) is 43.3 Å². The molecule has 2 aliphatic rings. The zero-order chi connectivity index (χ0) is 28.8. The molecule has 0 aliphatic heterocycles. The van der Waals surface area contributed by atoms with Crippen molar-refractivity contribution >= 4 is 41.1 Å². The van der Waals surface area contributed by atoms with E-state index >= 15 is 0 Å². The second-order valence-electron chi connectivity index (χ2n) is 10.3. The number of benzene rings is 3. The molecule has 1 unspecified atom stereocenters. The summed E-state index contributed by atoms with van der Waals surface area (Å²) in [4.78, 5) is 43.8. The third-order valence-electron chi connectivity index (χ3n) is 7.43. The van der Waals surface area contributed by atoms with Crippen LogP contribution >= 0.6 is 23.5 Å². The number of fused-ring (bicyclic) bond motifs is 2. The van der Waals surface area contributed by atoms with Crippen LogP contribution in [0.15, 0.2) is 98.5 Å². The molecule has 0 N–H and O–H groups in total. The average molecular weight is 583 g/mol. The van der Waals surface area contributed by atoms with Crippen LogP contribution in [0.3, 0.4) is 0 Å². The fourth-order valence-electron chi connectivity index (χ4n) is 5.14. The normalized spacial score (nSPS) is 15.0. The molecule has 0 spiro atoms. The summed E-state index contributed by atoms with van der Waals surface area (Å²) in [7, 11) is 0. The Morgan fingerprint density at radius 1 is 0.854 bits per heavy atom. The van der Waals surface area contributed by atoms with Crippen LogP contribution < -0.4 is 4.74 Å². The van der Waals surface area contributed by atoms with Gasteiger partial charge in [0.1, 0.15) is 5.75 Å². The van der Waals surface area contributed by atoms with Gasteiger partial charge >= 0.3 is 5.97 Å². The predicted molar refractivity (Wildman–Crippen MR) is 166 cm³/mol. The van der Waals surface area contributed by atoms with Crippen molar-refractivity contribution in [3.63, 3.8) is 0 Å². The van der Waals surface area contributed by atoms with Crippen molar-refractivity contribution in [1.82, 2.24) is 0 Å². The highest BCUT2D eigenvalue weighted by molar-refractivity contribution is 8.03. The Morgan fingerprint density at radius 2 is 1.51 bits per heavy atom. The first-order valence-corrected chi connectivity index (χ1v) is 16.0. The lowest BCUT2D eigenvalue weighted by atomic mass is 9.84. The molecule has 0 saturated heterocycles. The van der Waals surface area contributed by atoms with E-state index in [9.17, 15) is 14.4 Å². The summed E-state index contributed by atoms with van der Waals surface area (Å²) in [6, 6.07) is 18.3. The van der Waals surface area contributed by atoms with Crippen molar-refractivity contribution in [3.8, 4) is 5.75 Å². The summed E-state index contributed by atoms with van der Waals surface area (Å²) in [5, 5.41) is 0. The van der Waals surface area contributed by atoms with Crippen molar-refractivity contribution < 1.29 is 19.1 Å². The number of allylic oxidation sites excluding steroid dienone is 3. The van der Waals surface area contributed by atoms with Crippen LogP contribution in [0.1, 0.15) is 90.6 Å². The van der Waals surface area contributed by atoms with Gasteiger partial charge < -0.3 is 4.74 Å². The van der Waals surface area contributed by atoms with E-state index in [0.717, 1.165) is 64.5 Å². The maximum atomic E-state index is 13.8. The molecule has 2 aliphatic carbocycles. The molecule has 210 valence electrons. The fourth-order valence-corrected chi connectivity index (χ4v) is 7.19. The predicted octanol–water partition coefficient (Wildman–Crippen LogP) is 9.45. The molecule has 0 bridgehead atoms. The molecule has 1 atom stereocenters. The average Bonchev–Trinajstić information content (AvgIpc) is 3.26. The minimum absolute atomic E-state index is 0.0921. The SMILES string of the molecule is CCCCC(CC)C(=O)Oc1ccc(Sc2cccc3c2C(=O)c2cccc(SC4=CCCCC=C4)c2C3=O)cc1. The molecule has 0 fully saturated rings. The van der Waals surface area contributed by atoms with Crippen LogP contribution in [-0.4, -0.2) is 17.5 Å². The quantitative estimate of drug-likeness (QED) is 0.137. The standard InChI is InChI=1S/C35H34O4S2/c1-3-5-12-23(4-2)35(38)39-24-19-21-26(22-20-24)41-30-18-11-16-28-32(30)34(37)27-15-10-17-29(31(27)33(28)36)40-25-13-8-6-7-9-14-25/h8,10-11,13-23H,3-7,9,12H2,1-2H3. The van der Waals surface area contributed by atoms with E-state index in [-0.39, 0.29) is 23.5 Å². The van der Waals surface area contributed by atoms with Crippen molar-refractivity contribution in [2.45, 2.75) is 73.5 Å². The van der Waals surface area contributed by atoms with Crippen LogP contribution in [0.5, 0.6) is 5.75 Å². The van der Waals surface area contributed by atoms with E-state index < -0.39 is 0 Å². The molecule has 0 saturated carbocycles. The number of esters is 1. The van der Waals surface area contributed by atoms with Gasteiger partial charge in [-0.3, -0.25) is 14.4 Å².